The normalized spacial score (nSPS) is 16.4. The average Bonchev–Trinajstić information content (AvgIpc) is 2.02. The number of aromatic amines is 2. The molecule has 32 heteroatoms. The van der Waals surface area contributed by atoms with Crippen molar-refractivity contribution < 1.29 is 67.7 Å². The van der Waals surface area contributed by atoms with Gasteiger partial charge in [-0.1, -0.05) is 44.2 Å². The fourth-order valence-electron chi connectivity index (χ4n) is 10.0. The summed E-state index contributed by atoms with van der Waals surface area (Å²) in [6.07, 6.45) is 5.24. The Morgan fingerprint density at radius 3 is 2.00 bits per heavy atom. The predicted molar refractivity (Wildman–Crippen MR) is 318 cm³/mol. The molecular weight excluding hydrogens is 1160 g/mol. The highest BCUT2D eigenvalue weighted by atomic mass is 16.3. The van der Waals surface area contributed by atoms with E-state index in [1.165, 1.54) is 41.7 Å². The smallest absolute Gasteiger partial charge is 0.245 e. The number of phenolic OH excluding ortho intramolecular Hbond substituents is 1. The number of aliphatic imine (C=N–C) groups is 1. The number of primary amides is 1. The molecule has 0 spiro atoms. The van der Waals surface area contributed by atoms with Crippen LogP contribution in [-0.2, 0) is 76.8 Å². The predicted octanol–water partition coefficient (Wildman–Crippen LogP) is -5.27. The number of imidazole rings is 1. The maximum Gasteiger partial charge on any atom is 0.245 e. The number of phenols is 1. The lowest BCUT2D eigenvalue weighted by atomic mass is 10.0. The van der Waals surface area contributed by atoms with Crippen molar-refractivity contribution in [1.29, 1.82) is 0 Å². The number of fused-ring (bicyclic) bond motifs is 1. The van der Waals surface area contributed by atoms with Crippen molar-refractivity contribution in [3.63, 3.8) is 0 Å². The molecule has 2 aliphatic rings. The molecule has 0 bridgehead atoms. The Bertz CT molecular complexity index is 3200. The Morgan fingerprint density at radius 2 is 1.35 bits per heavy atom. The zero-order chi connectivity index (χ0) is 64.7. The van der Waals surface area contributed by atoms with Crippen LogP contribution >= 0.6 is 0 Å². The number of aromatic nitrogens is 3. The summed E-state index contributed by atoms with van der Waals surface area (Å²) in [5.74, 6) is -9.75. The molecule has 480 valence electrons. The third-order valence-electron chi connectivity index (χ3n) is 14.5. The fourth-order valence-corrected chi connectivity index (χ4v) is 10.0. The summed E-state index contributed by atoms with van der Waals surface area (Å²) >= 11 is 0. The number of carbonyl (C=O) groups is 12. The molecule has 2 fully saturated rings. The molecule has 2 aromatic carbocycles. The van der Waals surface area contributed by atoms with Crippen molar-refractivity contribution in [3.05, 3.63) is 84.1 Å². The summed E-state index contributed by atoms with van der Waals surface area (Å²) in [4.78, 5) is 176. The first-order valence-electron chi connectivity index (χ1n) is 29.0. The molecule has 20 N–H and O–H groups in total. The molecule has 0 radical (unpaired) electrons. The minimum absolute atomic E-state index is 0.0228. The number of carbonyl (C=O) groups excluding carboxylic acids is 12. The van der Waals surface area contributed by atoms with Gasteiger partial charge in [-0.05, 0) is 73.8 Å². The number of nitrogens with two attached hydrogens (primary N) is 3. The van der Waals surface area contributed by atoms with Gasteiger partial charge in [-0.15, -0.1) is 0 Å². The Balaban J connectivity index is 1.10. The molecule has 0 unspecified atom stereocenters. The molecule has 12 amide bonds. The van der Waals surface area contributed by atoms with E-state index in [1.807, 2.05) is 0 Å². The molecule has 2 aromatic heterocycles. The Kier molecular flexibility index (Phi) is 25.3. The van der Waals surface area contributed by atoms with E-state index < -0.39 is 140 Å². The minimum Gasteiger partial charge on any atom is -0.508 e. The SMILES string of the molecule is CC(C)C[C@H](NC(=O)CNC(=O)CNC(=O)[C@H](Cc1ccc(O)cc1)NC(=O)[C@H](CO)NC(=O)[C@H](Cc1c[nH]c2ccccc12)NC(=O)[C@H](Cc1cnc[nH]1)NC(=O)[C@@H]1CCC(=O)N1)C(=O)N[C@@H](CCCN=C(N)N)C(=O)N1CCC[C@H]1C(=O)NCC(N)=O. The molecule has 89 heavy (non-hydrogen) atoms. The van der Waals surface area contributed by atoms with Gasteiger partial charge in [-0.2, -0.15) is 0 Å². The number of aromatic hydroxyl groups is 1. The van der Waals surface area contributed by atoms with E-state index in [2.05, 4.69) is 73.1 Å². The van der Waals surface area contributed by atoms with Crippen molar-refractivity contribution in [2.75, 3.05) is 39.3 Å². The van der Waals surface area contributed by atoms with Crippen molar-refractivity contribution in [3.8, 4) is 5.75 Å². The summed E-state index contributed by atoms with van der Waals surface area (Å²) in [6.45, 7) is 0.919. The first kappa shape index (κ1) is 68.0. The first-order chi connectivity index (χ1) is 42.5. The van der Waals surface area contributed by atoms with E-state index >= 15 is 0 Å². The standard InChI is InChI=1S/C57H78N18O14/c1-30(2)19-39(51(84)70-38(9-5-17-62-57(59)60)56(89)75-18-6-10-44(75)55(88)65-25-45(58)78)69-48(81)27-64-47(80)26-66-49(82)40(20-31-11-13-34(77)14-12-31)71-54(87)43(28-76)74-52(85)41(21-32-23-63-36-8-4-3-7-35(32)36)72-53(86)42(22-33-24-61-29-67-33)73-50(83)37-15-16-46(79)68-37/h3-4,7-8,11-14,23-24,29-30,37-44,63,76-77H,5-6,9-10,15-22,25-28H2,1-2H3,(H2,58,78)(H,61,67)(H,64,80)(H,65,88)(H,66,82)(H,68,79)(H,69,81)(H,70,84)(H,71,87)(H,72,86)(H,73,83)(H,74,85)(H4,59,60,62)/t37-,38-,39-,40-,41-,42-,43-,44-/m0/s1. The molecule has 8 atom stereocenters. The van der Waals surface area contributed by atoms with Gasteiger partial charge in [0.25, 0.3) is 0 Å². The summed E-state index contributed by atoms with van der Waals surface area (Å²) in [5.41, 5.74) is 18.3. The number of aliphatic hydroxyl groups excluding tert-OH is 1. The van der Waals surface area contributed by atoms with E-state index in [0.29, 0.717) is 34.1 Å². The largest absolute Gasteiger partial charge is 0.508 e. The van der Waals surface area contributed by atoms with Crippen LogP contribution in [0.3, 0.4) is 0 Å². The Labute approximate surface area is 510 Å². The number of guanidine groups is 1. The molecule has 6 rings (SSSR count). The molecule has 0 aliphatic carbocycles. The van der Waals surface area contributed by atoms with E-state index in [-0.39, 0.29) is 94.4 Å². The third-order valence-corrected chi connectivity index (χ3v) is 14.5. The number of likely N-dealkylation sites (tertiary alicyclic amines) is 1. The minimum atomic E-state index is -1.76. The van der Waals surface area contributed by atoms with Gasteiger partial charge in [0.05, 0.1) is 32.6 Å². The second-order valence-corrected chi connectivity index (χ2v) is 21.9. The van der Waals surface area contributed by atoms with Crippen LogP contribution in [0.1, 0.15) is 75.6 Å². The van der Waals surface area contributed by atoms with Crippen molar-refractivity contribution in [1.82, 2.24) is 73.0 Å². The molecule has 2 saturated heterocycles. The summed E-state index contributed by atoms with van der Waals surface area (Å²) in [5, 5.41) is 46.6. The topological polar surface area (TPSA) is 504 Å². The number of amides is 12. The van der Waals surface area contributed by atoms with Gasteiger partial charge in [-0.25, -0.2) is 4.98 Å². The van der Waals surface area contributed by atoms with Gasteiger partial charge in [0.2, 0.25) is 70.9 Å². The average molecular weight is 1240 g/mol. The van der Waals surface area contributed by atoms with Gasteiger partial charge in [0.15, 0.2) is 5.96 Å². The number of hydrogen-bond acceptors (Lipinski definition) is 16. The van der Waals surface area contributed by atoms with Crippen LogP contribution < -0.4 is 70.4 Å². The number of benzene rings is 2. The highest BCUT2D eigenvalue weighted by Crippen LogP contribution is 2.22. The second-order valence-electron chi connectivity index (χ2n) is 21.9. The van der Waals surface area contributed by atoms with Gasteiger partial charge in [0, 0.05) is 67.8 Å². The highest BCUT2D eigenvalue weighted by Gasteiger charge is 2.39. The number of rotatable bonds is 33. The van der Waals surface area contributed by atoms with Crippen molar-refractivity contribution in [2.45, 2.75) is 126 Å². The second kappa shape index (κ2) is 33.1. The molecular formula is C57H78N18O14. The highest BCUT2D eigenvalue weighted by molar-refractivity contribution is 5.99. The van der Waals surface area contributed by atoms with Crippen molar-refractivity contribution >= 4 is 87.7 Å². The van der Waals surface area contributed by atoms with E-state index in [4.69, 9.17) is 17.2 Å². The molecule has 32 nitrogen and oxygen atoms in total. The van der Waals surface area contributed by atoms with Gasteiger partial charge < -0.3 is 95.4 Å². The van der Waals surface area contributed by atoms with Crippen LogP contribution in [0.2, 0.25) is 0 Å². The Hall–Kier alpha value is -10.1. The van der Waals surface area contributed by atoms with E-state index in [0.717, 1.165) is 0 Å². The van der Waals surface area contributed by atoms with Crippen molar-refractivity contribution in [2.24, 2.45) is 28.1 Å². The molecule has 2 aliphatic heterocycles. The monoisotopic (exact) mass is 1240 g/mol. The van der Waals surface area contributed by atoms with Gasteiger partial charge in [-0.3, -0.25) is 62.5 Å². The van der Waals surface area contributed by atoms with Gasteiger partial charge >= 0.3 is 0 Å². The zero-order valence-electron chi connectivity index (χ0n) is 49.2. The summed E-state index contributed by atoms with van der Waals surface area (Å²) in [6, 6.07) is 2.33. The van der Waals surface area contributed by atoms with Crippen LogP contribution in [-0.4, -0.2) is 195 Å². The summed E-state index contributed by atoms with van der Waals surface area (Å²) in [7, 11) is 0. The van der Waals surface area contributed by atoms with Crippen LogP contribution in [0, 0.1) is 5.92 Å². The summed E-state index contributed by atoms with van der Waals surface area (Å²) < 4.78 is 0. The zero-order valence-corrected chi connectivity index (χ0v) is 49.2. The maximum absolute atomic E-state index is 14.4. The van der Waals surface area contributed by atoms with Crippen LogP contribution in [0.4, 0.5) is 0 Å². The third kappa shape index (κ3) is 21.1. The number of aliphatic hydroxyl groups is 1. The lowest BCUT2D eigenvalue weighted by molar-refractivity contribution is -0.142. The van der Waals surface area contributed by atoms with E-state index in [9.17, 15) is 67.7 Å². The lowest BCUT2D eigenvalue weighted by Crippen LogP contribution is -2.60. The molecule has 4 aromatic rings. The lowest BCUT2D eigenvalue weighted by Gasteiger charge is -2.30. The van der Waals surface area contributed by atoms with Gasteiger partial charge in [0.1, 0.15) is 54.1 Å². The van der Waals surface area contributed by atoms with Crippen LogP contribution in [0.15, 0.2) is 72.2 Å². The fraction of sp³-hybridized carbons (Fsp3) is 0.474. The number of para-hydroxylation sites is 1. The molecule has 0 saturated carbocycles. The maximum atomic E-state index is 14.4. The van der Waals surface area contributed by atoms with Crippen LogP contribution in [0.25, 0.3) is 10.9 Å². The number of H-pyrrole nitrogens is 2. The Morgan fingerprint density at radius 1 is 0.697 bits per heavy atom. The molecule has 4 heterocycles. The quantitative estimate of drug-likeness (QED) is 0.0120. The first-order valence-corrected chi connectivity index (χ1v) is 29.0. The van der Waals surface area contributed by atoms with Crippen LogP contribution in [0.5, 0.6) is 5.75 Å². The number of nitrogens with zero attached hydrogens (tertiary/aromatic N) is 3. The number of hydrogen-bond donors (Lipinski definition) is 17. The van der Waals surface area contributed by atoms with E-state index in [1.54, 1.807) is 44.3 Å². The number of nitrogens with one attached hydrogen (secondary N) is 12.